The Kier molecular flexibility index (Phi) is 4.00. The first-order valence-electron chi connectivity index (χ1n) is 7.52. The highest BCUT2D eigenvalue weighted by atomic mass is 16.5. The quantitative estimate of drug-likeness (QED) is 0.776. The van der Waals surface area contributed by atoms with E-state index in [1.54, 1.807) is 0 Å². The van der Waals surface area contributed by atoms with Crippen LogP contribution in [-0.4, -0.2) is 45.3 Å². The molecule has 2 aliphatic heterocycles. The van der Waals surface area contributed by atoms with E-state index >= 15 is 0 Å². The van der Waals surface area contributed by atoms with Gasteiger partial charge in [0, 0.05) is 13.0 Å². The van der Waals surface area contributed by atoms with Crippen molar-refractivity contribution < 1.29 is 9.53 Å². The van der Waals surface area contributed by atoms with Crippen molar-refractivity contribution in [3.8, 4) is 0 Å². The van der Waals surface area contributed by atoms with Gasteiger partial charge in [-0.25, -0.2) is 0 Å². The fourth-order valence-corrected chi connectivity index (χ4v) is 3.25. The van der Waals surface area contributed by atoms with Crippen LogP contribution in [0.3, 0.4) is 0 Å². The standard InChI is InChI=1S/C14H22N4O2/c1-20-14(19)11-6-2-4-8-17(11)10-13-16-15-12-7-3-5-9-18(12)13/h11H,2-10H2,1H3/t11-/m1/s1. The van der Waals surface area contributed by atoms with Gasteiger partial charge in [-0.2, -0.15) is 0 Å². The number of hydrogen-bond acceptors (Lipinski definition) is 5. The minimum absolute atomic E-state index is 0.120. The first-order valence-corrected chi connectivity index (χ1v) is 7.52. The zero-order chi connectivity index (χ0) is 13.9. The van der Waals surface area contributed by atoms with Gasteiger partial charge < -0.3 is 9.30 Å². The van der Waals surface area contributed by atoms with E-state index in [1.165, 1.54) is 20.0 Å². The Hall–Kier alpha value is -1.43. The van der Waals surface area contributed by atoms with Crippen molar-refractivity contribution >= 4 is 5.97 Å². The van der Waals surface area contributed by atoms with Crippen LogP contribution < -0.4 is 0 Å². The van der Waals surface area contributed by atoms with Gasteiger partial charge in [-0.1, -0.05) is 6.42 Å². The first-order chi connectivity index (χ1) is 9.79. The molecule has 0 N–H and O–H groups in total. The monoisotopic (exact) mass is 278 g/mol. The molecule has 1 aromatic rings. The zero-order valence-corrected chi connectivity index (χ0v) is 12.0. The summed E-state index contributed by atoms with van der Waals surface area (Å²) in [5, 5.41) is 8.61. The van der Waals surface area contributed by atoms with Crippen LogP contribution in [-0.2, 0) is 29.0 Å². The molecule has 0 aromatic carbocycles. The fraction of sp³-hybridized carbons (Fsp3) is 0.786. The van der Waals surface area contributed by atoms with Gasteiger partial charge in [0.2, 0.25) is 0 Å². The van der Waals surface area contributed by atoms with E-state index in [4.69, 9.17) is 4.74 Å². The van der Waals surface area contributed by atoms with Crippen LogP contribution in [0.5, 0.6) is 0 Å². The molecule has 0 aliphatic carbocycles. The number of hydrogen-bond donors (Lipinski definition) is 0. The normalized spacial score (nSPS) is 23.4. The third kappa shape index (κ3) is 2.57. The molecule has 110 valence electrons. The van der Waals surface area contributed by atoms with Gasteiger partial charge in [0.05, 0.1) is 13.7 Å². The largest absolute Gasteiger partial charge is 0.468 e. The second kappa shape index (κ2) is 5.91. The number of carbonyl (C=O) groups is 1. The van der Waals surface area contributed by atoms with Crippen molar-refractivity contribution in [3.05, 3.63) is 11.6 Å². The molecule has 0 unspecified atom stereocenters. The summed E-state index contributed by atoms with van der Waals surface area (Å²) in [4.78, 5) is 14.1. The van der Waals surface area contributed by atoms with E-state index in [0.717, 1.165) is 50.4 Å². The Balaban J connectivity index is 1.75. The molecule has 0 amide bonds. The minimum atomic E-state index is -0.122. The van der Waals surface area contributed by atoms with Crippen LogP contribution in [0.4, 0.5) is 0 Å². The summed E-state index contributed by atoms with van der Waals surface area (Å²) in [5.41, 5.74) is 0. The smallest absolute Gasteiger partial charge is 0.323 e. The number of aryl methyl sites for hydroxylation is 1. The lowest BCUT2D eigenvalue weighted by atomic mass is 10.0. The van der Waals surface area contributed by atoms with E-state index in [1.807, 2.05) is 0 Å². The lowest BCUT2D eigenvalue weighted by Crippen LogP contribution is -2.45. The summed E-state index contributed by atoms with van der Waals surface area (Å²) in [6.45, 7) is 2.64. The lowest BCUT2D eigenvalue weighted by molar-refractivity contribution is -0.148. The number of fused-ring (bicyclic) bond motifs is 1. The summed E-state index contributed by atoms with van der Waals surface area (Å²) < 4.78 is 7.16. The zero-order valence-electron chi connectivity index (χ0n) is 12.0. The molecule has 20 heavy (non-hydrogen) atoms. The van der Waals surface area contributed by atoms with Crippen molar-refractivity contribution in [1.29, 1.82) is 0 Å². The van der Waals surface area contributed by atoms with E-state index in [-0.39, 0.29) is 12.0 Å². The molecule has 0 radical (unpaired) electrons. The topological polar surface area (TPSA) is 60.2 Å². The molecule has 0 spiro atoms. The SMILES string of the molecule is COC(=O)[C@H]1CCCCN1Cc1nnc2n1CCCC2. The maximum absolute atomic E-state index is 11.9. The van der Waals surface area contributed by atoms with Crippen LogP contribution >= 0.6 is 0 Å². The number of aromatic nitrogens is 3. The molecule has 3 heterocycles. The number of ether oxygens (including phenoxy) is 1. The Bertz CT molecular complexity index is 486. The van der Waals surface area contributed by atoms with E-state index in [2.05, 4.69) is 19.7 Å². The lowest BCUT2D eigenvalue weighted by Gasteiger charge is -2.33. The summed E-state index contributed by atoms with van der Waals surface area (Å²) in [5.74, 6) is 1.97. The van der Waals surface area contributed by atoms with Crippen LogP contribution in [0.15, 0.2) is 0 Å². The number of likely N-dealkylation sites (tertiary alicyclic amines) is 1. The molecule has 6 nitrogen and oxygen atoms in total. The third-order valence-corrected chi connectivity index (χ3v) is 4.37. The number of esters is 1. The van der Waals surface area contributed by atoms with Gasteiger partial charge in [0.25, 0.3) is 0 Å². The van der Waals surface area contributed by atoms with Crippen LogP contribution in [0, 0.1) is 0 Å². The Morgan fingerprint density at radius 1 is 1.25 bits per heavy atom. The van der Waals surface area contributed by atoms with Gasteiger partial charge in [-0.3, -0.25) is 9.69 Å². The van der Waals surface area contributed by atoms with Gasteiger partial charge in [0.1, 0.15) is 17.7 Å². The fourth-order valence-electron chi connectivity index (χ4n) is 3.25. The van der Waals surface area contributed by atoms with E-state index in [9.17, 15) is 4.79 Å². The number of piperidine rings is 1. The number of methoxy groups -OCH3 is 1. The Labute approximate surface area is 119 Å². The average molecular weight is 278 g/mol. The van der Waals surface area contributed by atoms with Gasteiger partial charge in [0.15, 0.2) is 0 Å². The predicted octanol–water partition coefficient (Wildman–Crippen LogP) is 1.14. The molecule has 1 fully saturated rings. The van der Waals surface area contributed by atoms with Crippen LogP contribution in [0.25, 0.3) is 0 Å². The summed E-state index contributed by atoms with van der Waals surface area (Å²) in [6, 6.07) is -0.120. The molecule has 1 saturated heterocycles. The molecule has 2 aliphatic rings. The van der Waals surface area contributed by atoms with Crippen LogP contribution in [0.1, 0.15) is 43.8 Å². The first kappa shape index (κ1) is 13.5. The summed E-state index contributed by atoms with van der Waals surface area (Å²) in [7, 11) is 1.47. The molecule has 6 heteroatoms. The molecule has 3 rings (SSSR count). The van der Waals surface area contributed by atoms with Crippen LogP contribution in [0.2, 0.25) is 0 Å². The van der Waals surface area contributed by atoms with Gasteiger partial charge >= 0.3 is 5.97 Å². The second-order valence-electron chi connectivity index (χ2n) is 5.65. The van der Waals surface area contributed by atoms with E-state index < -0.39 is 0 Å². The van der Waals surface area contributed by atoms with Gasteiger partial charge in [-0.15, -0.1) is 10.2 Å². The third-order valence-electron chi connectivity index (χ3n) is 4.37. The maximum Gasteiger partial charge on any atom is 0.323 e. The van der Waals surface area contributed by atoms with Crippen molar-refractivity contribution in [1.82, 2.24) is 19.7 Å². The number of carbonyl (C=O) groups excluding carboxylic acids is 1. The molecule has 0 bridgehead atoms. The highest BCUT2D eigenvalue weighted by Crippen LogP contribution is 2.22. The second-order valence-corrected chi connectivity index (χ2v) is 5.65. The Morgan fingerprint density at radius 2 is 2.10 bits per heavy atom. The van der Waals surface area contributed by atoms with Crippen molar-refractivity contribution in [2.24, 2.45) is 0 Å². The molecular formula is C14H22N4O2. The highest BCUT2D eigenvalue weighted by Gasteiger charge is 2.31. The molecular weight excluding hydrogens is 256 g/mol. The Morgan fingerprint density at radius 3 is 2.95 bits per heavy atom. The maximum atomic E-state index is 11.9. The van der Waals surface area contributed by atoms with Crippen molar-refractivity contribution in [2.75, 3.05) is 13.7 Å². The number of nitrogens with zero attached hydrogens (tertiary/aromatic N) is 4. The van der Waals surface area contributed by atoms with E-state index in [0.29, 0.717) is 6.54 Å². The molecule has 1 atom stereocenters. The minimum Gasteiger partial charge on any atom is -0.468 e. The van der Waals surface area contributed by atoms with Gasteiger partial charge in [-0.05, 0) is 32.2 Å². The van der Waals surface area contributed by atoms with Crippen molar-refractivity contribution in [2.45, 2.75) is 57.7 Å². The summed E-state index contributed by atoms with van der Waals surface area (Å²) >= 11 is 0. The average Bonchev–Trinajstić information content (AvgIpc) is 2.90. The number of rotatable bonds is 3. The molecule has 1 aromatic heterocycles. The summed E-state index contributed by atoms with van der Waals surface area (Å²) in [6.07, 6.45) is 6.52. The molecule has 0 saturated carbocycles. The predicted molar refractivity (Wildman–Crippen MR) is 73.0 cm³/mol. The van der Waals surface area contributed by atoms with Crippen molar-refractivity contribution in [3.63, 3.8) is 0 Å². The highest BCUT2D eigenvalue weighted by molar-refractivity contribution is 5.75.